The monoisotopic (exact) mass is 236 g/mol. The van der Waals surface area contributed by atoms with Gasteiger partial charge in [0, 0.05) is 0 Å². The molecule has 0 radical (unpaired) electrons. The molecule has 4 heteroatoms. The SMILES string of the molecule is CCOC(=O)C=C(O)c1ccccc1OCC. The lowest BCUT2D eigenvalue weighted by Crippen LogP contribution is -2.02. The van der Waals surface area contributed by atoms with E-state index in [-0.39, 0.29) is 12.4 Å². The van der Waals surface area contributed by atoms with E-state index in [1.54, 1.807) is 31.2 Å². The molecule has 0 spiro atoms. The van der Waals surface area contributed by atoms with Crippen LogP contribution in [0.5, 0.6) is 5.75 Å². The van der Waals surface area contributed by atoms with Gasteiger partial charge in [0.15, 0.2) is 0 Å². The van der Waals surface area contributed by atoms with Crippen molar-refractivity contribution in [3.05, 3.63) is 35.9 Å². The van der Waals surface area contributed by atoms with E-state index in [0.29, 0.717) is 17.9 Å². The number of hydrogen-bond acceptors (Lipinski definition) is 4. The molecular formula is C13H16O4. The minimum atomic E-state index is -0.573. The zero-order valence-corrected chi connectivity index (χ0v) is 9.97. The quantitative estimate of drug-likeness (QED) is 0.485. The molecule has 4 nitrogen and oxygen atoms in total. The van der Waals surface area contributed by atoms with Gasteiger partial charge in [-0.25, -0.2) is 4.79 Å². The van der Waals surface area contributed by atoms with E-state index in [0.717, 1.165) is 6.08 Å². The fourth-order valence-electron chi connectivity index (χ4n) is 1.33. The second kappa shape index (κ2) is 6.58. The van der Waals surface area contributed by atoms with Crippen molar-refractivity contribution in [1.82, 2.24) is 0 Å². The Morgan fingerprint density at radius 1 is 1.29 bits per heavy atom. The van der Waals surface area contributed by atoms with Crippen LogP contribution in [0.1, 0.15) is 19.4 Å². The minimum Gasteiger partial charge on any atom is -0.507 e. The summed E-state index contributed by atoms with van der Waals surface area (Å²) in [5, 5.41) is 9.81. The number of aliphatic hydroxyl groups is 1. The van der Waals surface area contributed by atoms with E-state index in [4.69, 9.17) is 9.47 Å². The first kappa shape index (κ1) is 13.1. The third-order valence-corrected chi connectivity index (χ3v) is 2.00. The first-order valence-corrected chi connectivity index (χ1v) is 5.48. The molecule has 1 rings (SSSR count). The number of hydrogen-bond donors (Lipinski definition) is 1. The van der Waals surface area contributed by atoms with Gasteiger partial charge >= 0.3 is 5.97 Å². The van der Waals surface area contributed by atoms with Gasteiger partial charge in [0.05, 0.1) is 24.9 Å². The summed E-state index contributed by atoms with van der Waals surface area (Å²) in [6.45, 7) is 4.32. The zero-order chi connectivity index (χ0) is 12.7. The zero-order valence-electron chi connectivity index (χ0n) is 9.97. The highest BCUT2D eigenvalue weighted by molar-refractivity contribution is 5.90. The van der Waals surface area contributed by atoms with Crippen LogP contribution in [0.2, 0.25) is 0 Å². The molecule has 92 valence electrons. The molecule has 1 aromatic rings. The second-order valence-electron chi connectivity index (χ2n) is 3.21. The number of carbonyl (C=O) groups excluding carboxylic acids is 1. The first-order chi connectivity index (χ1) is 8.19. The second-order valence-corrected chi connectivity index (χ2v) is 3.21. The number of carbonyl (C=O) groups is 1. The summed E-state index contributed by atoms with van der Waals surface area (Å²) >= 11 is 0. The molecule has 0 aliphatic rings. The molecule has 1 N–H and O–H groups in total. The van der Waals surface area contributed by atoms with Crippen molar-refractivity contribution in [2.24, 2.45) is 0 Å². The van der Waals surface area contributed by atoms with Gasteiger partial charge in [0.25, 0.3) is 0 Å². The molecule has 0 atom stereocenters. The van der Waals surface area contributed by atoms with E-state index < -0.39 is 5.97 Å². The highest BCUT2D eigenvalue weighted by atomic mass is 16.5. The maximum absolute atomic E-state index is 11.2. The Morgan fingerprint density at radius 2 is 2.00 bits per heavy atom. The Labute approximate surface area is 100 Å². The molecule has 0 unspecified atom stereocenters. The summed E-state index contributed by atoms with van der Waals surface area (Å²) in [7, 11) is 0. The highest BCUT2D eigenvalue weighted by Crippen LogP contribution is 2.24. The normalized spacial score (nSPS) is 11.1. The summed E-state index contributed by atoms with van der Waals surface area (Å²) in [5.41, 5.74) is 0.474. The van der Waals surface area contributed by atoms with Crippen LogP contribution in [-0.2, 0) is 9.53 Å². The Hall–Kier alpha value is -1.97. The molecule has 0 saturated heterocycles. The van der Waals surface area contributed by atoms with Crippen molar-refractivity contribution in [1.29, 1.82) is 0 Å². The Kier molecular flexibility index (Phi) is 5.07. The third-order valence-electron chi connectivity index (χ3n) is 2.00. The van der Waals surface area contributed by atoms with Gasteiger partial charge in [-0.1, -0.05) is 12.1 Å². The lowest BCUT2D eigenvalue weighted by atomic mass is 10.1. The summed E-state index contributed by atoms with van der Waals surface area (Å²) in [6, 6.07) is 6.96. The van der Waals surface area contributed by atoms with Gasteiger partial charge in [0.1, 0.15) is 11.5 Å². The largest absolute Gasteiger partial charge is 0.507 e. The fourth-order valence-corrected chi connectivity index (χ4v) is 1.33. The summed E-state index contributed by atoms with van der Waals surface area (Å²) in [5.74, 6) is -0.197. The molecule has 0 bridgehead atoms. The van der Waals surface area contributed by atoms with Crippen LogP contribution < -0.4 is 4.74 Å². The van der Waals surface area contributed by atoms with Crippen molar-refractivity contribution in [3.8, 4) is 5.75 Å². The molecular weight excluding hydrogens is 220 g/mol. The highest BCUT2D eigenvalue weighted by Gasteiger charge is 2.09. The van der Waals surface area contributed by atoms with Crippen LogP contribution in [0.15, 0.2) is 30.3 Å². The molecule has 1 aromatic carbocycles. The number of para-hydroxylation sites is 1. The number of benzene rings is 1. The van der Waals surface area contributed by atoms with Crippen molar-refractivity contribution in [2.45, 2.75) is 13.8 Å². The molecule has 0 heterocycles. The Bertz CT molecular complexity index is 410. The number of aliphatic hydroxyl groups excluding tert-OH is 1. The third kappa shape index (κ3) is 3.83. The summed E-state index contributed by atoms with van der Waals surface area (Å²) in [4.78, 5) is 11.2. The van der Waals surface area contributed by atoms with Crippen LogP contribution in [0, 0.1) is 0 Å². The summed E-state index contributed by atoms with van der Waals surface area (Å²) in [6.07, 6.45) is 1.04. The number of rotatable bonds is 5. The van der Waals surface area contributed by atoms with Crippen molar-refractivity contribution in [2.75, 3.05) is 13.2 Å². The Balaban J connectivity index is 2.94. The van der Waals surface area contributed by atoms with Crippen LogP contribution in [-0.4, -0.2) is 24.3 Å². The minimum absolute atomic E-state index is 0.160. The van der Waals surface area contributed by atoms with Crippen LogP contribution in [0.25, 0.3) is 5.76 Å². The van der Waals surface area contributed by atoms with E-state index in [9.17, 15) is 9.90 Å². The maximum Gasteiger partial charge on any atom is 0.334 e. The predicted octanol–water partition coefficient (Wildman–Crippen LogP) is 2.55. The first-order valence-electron chi connectivity index (χ1n) is 5.48. The smallest absolute Gasteiger partial charge is 0.334 e. The molecule has 0 saturated carbocycles. The van der Waals surface area contributed by atoms with Crippen molar-refractivity contribution in [3.63, 3.8) is 0 Å². The van der Waals surface area contributed by atoms with Crippen LogP contribution >= 0.6 is 0 Å². The summed E-state index contributed by atoms with van der Waals surface area (Å²) < 4.78 is 10.1. The van der Waals surface area contributed by atoms with Gasteiger partial charge in [-0.05, 0) is 26.0 Å². The number of ether oxygens (including phenoxy) is 2. The van der Waals surface area contributed by atoms with Gasteiger partial charge in [-0.2, -0.15) is 0 Å². The standard InChI is InChI=1S/C13H16O4/c1-3-16-12-8-6-5-7-10(12)11(14)9-13(15)17-4-2/h5-9,14H,3-4H2,1-2H3. The van der Waals surface area contributed by atoms with Crippen LogP contribution in [0.3, 0.4) is 0 Å². The van der Waals surface area contributed by atoms with Gasteiger partial charge in [0.2, 0.25) is 0 Å². The van der Waals surface area contributed by atoms with Crippen LogP contribution in [0.4, 0.5) is 0 Å². The molecule has 0 aromatic heterocycles. The average Bonchev–Trinajstić information content (AvgIpc) is 2.30. The molecule has 0 fully saturated rings. The van der Waals surface area contributed by atoms with Crippen molar-refractivity contribution < 1.29 is 19.4 Å². The van der Waals surface area contributed by atoms with E-state index in [1.165, 1.54) is 0 Å². The lowest BCUT2D eigenvalue weighted by Gasteiger charge is -2.08. The van der Waals surface area contributed by atoms with Gasteiger partial charge in [-0.3, -0.25) is 0 Å². The molecule has 0 aliphatic heterocycles. The van der Waals surface area contributed by atoms with E-state index in [2.05, 4.69) is 0 Å². The Morgan fingerprint density at radius 3 is 2.65 bits per heavy atom. The number of esters is 1. The fraction of sp³-hybridized carbons (Fsp3) is 0.308. The van der Waals surface area contributed by atoms with Crippen molar-refractivity contribution >= 4 is 11.7 Å². The van der Waals surface area contributed by atoms with E-state index in [1.807, 2.05) is 6.92 Å². The topological polar surface area (TPSA) is 55.8 Å². The van der Waals surface area contributed by atoms with Gasteiger partial charge < -0.3 is 14.6 Å². The van der Waals surface area contributed by atoms with Gasteiger partial charge in [-0.15, -0.1) is 0 Å². The van der Waals surface area contributed by atoms with E-state index >= 15 is 0 Å². The maximum atomic E-state index is 11.2. The molecule has 0 amide bonds. The average molecular weight is 236 g/mol. The lowest BCUT2D eigenvalue weighted by molar-refractivity contribution is -0.137. The molecule has 0 aliphatic carbocycles. The predicted molar refractivity (Wildman–Crippen MR) is 64.8 cm³/mol. The molecule has 17 heavy (non-hydrogen) atoms.